The Morgan fingerprint density at radius 3 is 1.20 bits per heavy atom. The number of nitrogens with zero attached hydrogens (tertiary/aromatic N) is 1. The van der Waals surface area contributed by atoms with Gasteiger partial charge in [-0.05, 0) is 32.6 Å². The molecule has 2 heteroatoms. The van der Waals surface area contributed by atoms with E-state index >= 15 is 0 Å². The van der Waals surface area contributed by atoms with Crippen molar-refractivity contribution in [3.63, 3.8) is 0 Å². The van der Waals surface area contributed by atoms with Gasteiger partial charge in [-0.15, -0.1) is 0 Å². The van der Waals surface area contributed by atoms with Gasteiger partial charge in [0.15, 0.2) is 0 Å². The van der Waals surface area contributed by atoms with Crippen molar-refractivity contribution in [2.75, 3.05) is 0 Å². The topological polar surface area (TPSA) is 19.7 Å². The second-order valence-corrected chi connectivity index (χ2v) is 13.3. The molecule has 1 aromatic rings. The third-order valence-corrected chi connectivity index (χ3v) is 9.39. The Balaban J connectivity index is 2.28. The molecule has 0 aliphatic carbocycles. The van der Waals surface area contributed by atoms with Crippen LogP contribution in [0, 0.1) is 0 Å². The third kappa shape index (κ3) is 20.1. The molecule has 1 rings (SSSR count). The summed E-state index contributed by atoms with van der Waals surface area (Å²) >= 11 is 0. The molecular weight excluding hydrogens is 484 g/mol. The fraction of sp³-hybridized carbons (Fsp3) is 0.921. The highest BCUT2D eigenvalue weighted by Crippen LogP contribution is 2.27. The van der Waals surface area contributed by atoms with Crippen LogP contribution in [0.2, 0.25) is 0 Å². The molecule has 0 fully saturated rings. The molecule has 1 aromatic heterocycles. The van der Waals surface area contributed by atoms with E-state index in [2.05, 4.69) is 49.6 Å². The number of imidazole rings is 1. The van der Waals surface area contributed by atoms with Crippen LogP contribution in [-0.4, -0.2) is 4.98 Å². The standard InChI is InChI=1S/C38H74N2/c1-5-8-11-13-15-17-18-19-20-21-22-24-26-28-30-33-37(32-29-27-25-23-16-14-12-9-6-2)38-39-34-35-40(38)36(4)31-10-7-3/h34-37H,5-33H2,1-4H3/p+1. The van der Waals surface area contributed by atoms with Crippen LogP contribution in [0.15, 0.2) is 12.4 Å². The van der Waals surface area contributed by atoms with Crippen molar-refractivity contribution in [3.05, 3.63) is 18.2 Å². The summed E-state index contributed by atoms with van der Waals surface area (Å²) in [6.45, 7) is 9.37. The Morgan fingerprint density at radius 2 is 0.825 bits per heavy atom. The molecule has 0 aliphatic heterocycles. The number of nitrogens with one attached hydrogen (secondary N) is 1. The second kappa shape index (κ2) is 28.3. The summed E-state index contributed by atoms with van der Waals surface area (Å²) in [7, 11) is 0. The zero-order chi connectivity index (χ0) is 28.9. The number of rotatable bonds is 31. The summed E-state index contributed by atoms with van der Waals surface area (Å²) in [5, 5.41) is 0. The lowest BCUT2D eigenvalue weighted by Gasteiger charge is -2.17. The second-order valence-electron chi connectivity index (χ2n) is 13.3. The highest BCUT2D eigenvalue weighted by molar-refractivity contribution is 4.90. The Kier molecular flexibility index (Phi) is 26.4. The van der Waals surface area contributed by atoms with Crippen LogP contribution in [0.5, 0.6) is 0 Å². The first-order valence-electron chi connectivity index (χ1n) is 18.8. The quantitative estimate of drug-likeness (QED) is 0.0689. The van der Waals surface area contributed by atoms with Crippen molar-refractivity contribution in [2.24, 2.45) is 0 Å². The summed E-state index contributed by atoms with van der Waals surface area (Å²) in [5.74, 6) is 2.24. The lowest BCUT2D eigenvalue weighted by molar-refractivity contribution is -0.727. The highest BCUT2D eigenvalue weighted by atomic mass is 15.1. The molecule has 40 heavy (non-hydrogen) atoms. The van der Waals surface area contributed by atoms with Gasteiger partial charge in [-0.2, -0.15) is 0 Å². The van der Waals surface area contributed by atoms with Gasteiger partial charge in [0.25, 0.3) is 5.82 Å². The molecule has 1 heterocycles. The van der Waals surface area contributed by atoms with E-state index in [9.17, 15) is 0 Å². The number of hydrogen-bond donors (Lipinski definition) is 1. The largest absolute Gasteiger partial charge is 0.257 e. The smallest absolute Gasteiger partial charge is 0.247 e. The molecule has 0 aliphatic rings. The SMILES string of the molecule is CCCCCCCCCCCCCCCCCC(CCCCCCCCCCC)c1[nH]cc[n+]1C(C)CCCC. The summed E-state index contributed by atoms with van der Waals surface area (Å²) in [5.41, 5.74) is 0. The molecule has 0 bridgehead atoms. The van der Waals surface area contributed by atoms with E-state index in [0.717, 1.165) is 0 Å². The van der Waals surface area contributed by atoms with Crippen molar-refractivity contribution < 1.29 is 4.57 Å². The van der Waals surface area contributed by atoms with Crippen molar-refractivity contribution in [1.82, 2.24) is 4.98 Å². The van der Waals surface area contributed by atoms with Crippen LogP contribution in [0.25, 0.3) is 0 Å². The Labute approximate surface area is 253 Å². The van der Waals surface area contributed by atoms with Crippen LogP contribution >= 0.6 is 0 Å². The van der Waals surface area contributed by atoms with Crippen molar-refractivity contribution >= 4 is 0 Å². The van der Waals surface area contributed by atoms with Gasteiger partial charge < -0.3 is 0 Å². The van der Waals surface area contributed by atoms with Gasteiger partial charge in [-0.3, -0.25) is 0 Å². The third-order valence-electron chi connectivity index (χ3n) is 9.39. The van der Waals surface area contributed by atoms with Crippen molar-refractivity contribution in [2.45, 2.75) is 226 Å². The summed E-state index contributed by atoms with van der Waals surface area (Å²) in [4.78, 5) is 3.71. The van der Waals surface area contributed by atoms with Gasteiger partial charge in [-0.25, -0.2) is 9.55 Å². The number of hydrogen-bond acceptors (Lipinski definition) is 0. The van der Waals surface area contributed by atoms with E-state index in [-0.39, 0.29) is 0 Å². The maximum absolute atomic E-state index is 3.71. The average molecular weight is 560 g/mol. The number of aromatic amines is 1. The molecule has 0 spiro atoms. The number of H-pyrrole nitrogens is 1. The molecule has 0 saturated carbocycles. The zero-order valence-electron chi connectivity index (χ0n) is 28.3. The summed E-state index contributed by atoms with van der Waals surface area (Å²) in [6, 6.07) is 0.618. The first-order valence-corrected chi connectivity index (χ1v) is 18.8. The van der Waals surface area contributed by atoms with Gasteiger partial charge in [0.1, 0.15) is 12.4 Å². The van der Waals surface area contributed by atoms with E-state index in [1.165, 1.54) is 192 Å². The van der Waals surface area contributed by atoms with E-state index in [0.29, 0.717) is 12.0 Å². The molecule has 0 amide bonds. The van der Waals surface area contributed by atoms with Gasteiger partial charge in [-0.1, -0.05) is 181 Å². The lowest BCUT2D eigenvalue weighted by atomic mass is 9.92. The van der Waals surface area contributed by atoms with Crippen LogP contribution < -0.4 is 4.57 Å². The molecule has 1 N–H and O–H groups in total. The van der Waals surface area contributed by atoms with Gasteiger partial charge >= 0.3 is 0 Å². The first-order chi connectivity index (χ1) is 19.7. The maximum atomic E-state index is 3.71. The van der Waals surface area contributed by atoms with E-state index in [1.54, 1.807) is 0 Å². The average Bonchev–Trinajstić information content (AvgIpc) is 3.46. The minimum absolute atomic E-state index is 0.618. The van der Waals surface area contributed by atoms with E-state index in [1.807, 2.05) is 0 Å². The summed E-state index contributed by atoms with van der Waals surface area (Å²) in [6.07, 6.45) is 45.8. The zero-order valence-corrected chi connectivity index (χ0v) is 28.3. The molecule has 2 unspecified atom stereocenters. The van der Waals surface area contributed by atoms with Crippen LogP contribution in [0.1, 0.15) is 232 Å². The molecule has 0 aromatic carbocycles. The molecule has 0 radical (unpaired) electrons. The van der Waals surface area contributed by atoms with Gasteiger partial charge in [0.05, 0.1) is 12.0 Å². The predicted octanol–water partition coefficient (Wildman–Crippen LogP) is 13.3. The van der Waals surface area contributed by atoms with Crippen molar-refractivity contribution in [3.8, 4) is 0 Å². The van der Waals surface area contributed by atoms with Crippen LogP contribution in [0.3, 0.4) is 0 Å². The number of unbranched alkanes of at least 4 members (excludes halogenated alkanes) is 23. The molecule has 236 valence electrons. The molecular formula is C38H75N2+. The lowest BCUT2D eigenvalue weighted by Crippen LogP contribution is -2.41. The molecule has 2 atom stereocenters. The van der Waals surface area contributed by atoms with Crippen LogP contribution in [-0.2, 0) is 0 Å². The monoisotopic (exact) mass is 560 g/mol. The molecule has 2 nitrogen and oxygen atoms in total. The maximum Gasteiger partial charge on any atom is 0.257 e. The minimum atomic E-state index is 0.618. The predicted molar refractivity (Wildman–Crippen MR) is 179 cm³/mol. The van der Waals surface area contributed by atoms with Gasteiger partial charge in [0.2, 0.25) is 0 Å². The number of aromatic nitrogens is 2. The normalized spacial score (nSPS) is 13.2. The van der Waals surface area contributed by atoms with Crippen molar-refractivity contribution in [1.29, 1.82) is 0 Å². The highest BCUT2D eigenvalue weighted by Gasteiger charge is 2.25. The Bertz CT molecular complexity index is 621. The molecule has 0 saturated heterocycles. The summed E-state index contributed by atoms with van der Waals surface area (Å²) < 4.78 is 2.60. The van der Waals surface area contributed by atoms with Crippen LogP contribution in [0.4, 0.5) is 0 Å². The Hall–Kier alpha value is -0.790. The van der Waals surface area contributed by atoms with E-state index in [4.69, 9.17) is 0 Å². The fourth-order valence-corrected chi connectivity index (χ4v) is 6.59. The van der Waals surface area contributed by atoms with Gasteiger partial charge in [0, 0.05) is 0 Å². The van der Waals surface area contributed by atoms with E-state index < -0.39 is 0 Å². The first kappa shape index (κ1) is 37.2. The fourth-order valence-electron chi connectivity index (χ4n) is 6.59. The Morgan fingerprint density at radius 1 is 0.475 bits per heavy atom. The minimum Gasteiger partial charge on any atom is -0.247 e.